The minimum Gasteiger partial charge on any atom is -0.508 e. The maximum absolute atomic E-state index is 11.8. The van der Waals surface area contributed by atoms with Crippen molar-refractivity contribution in [3.05, 3.63) is 53.6 Å². The molecule has 2 N–H and O–H groups in total. The van der Waals surface area contributed by atoms with Gasteiger partial charge in [-0.2, -0.15) is 0 Å². The molecule has 21 heavy (non-hydrogen) atoms. The highest BCUT2D eigenvalue weighted by Gasteiger charge is 2.16. The standard InChI is InChI=1S/C16H16O5/c1-11-14(17)8-7-13(15(11)18)16(19)21-10-9-20-12-5-3-2-4-6-12/h2-8,17-18H,9-10H2,1H3. The molecule has 0 heterocycles. The van der Waals surface area contributed by atoms with Crippen LogP contribution in [0.15, 0.2) is 42.5 Å². The van der Waals surface area contributed by atoms with E-state index in [-0.39, 0.29) is 35.8 Å². The smallest absolute Gasteiger partial charge is 0.342 e. The number of ether oxygens (including phenoxy) is 2. The molecule has 0 bridgehead atoms. The number of rotatable bonds is 5. The van der Waals surface area contributed by atoms with Crippen LogP contribution in [0.5, 0.6) is 17.2 Å². The van der Waals surface area contributed by atoms with E-state index in [0.29, 0.717) is 5.75 Å². The molecule has 0 amide bonds. The summed E-state index contributed by atoms with van der Waals surface area (Å²) in [7, 11) is 0. The van der Waals surface area contributed by atoms with Crippen molar-refractivity contribution in [1.82, 2.24) is 0 Å². The minimum absolute atomic E-state index is 0.0185. The Morgan fingerprint density at radius 1 is 1.05 bits per heavy atom. The Kier molecular flexibility index (Phi) is 4.66. The number of carbonyl (C=O) groups excluding carboxylic acids is 1. The van der Waals surface area contributed by atoms with Crippen molar-refractivity contribution in [2.75, 3.05) is 13.2 Å². The number of carbonyl (C=O) groups is 1. The Hall–Kier alpha value is -2.69. The van der Waals surface area contributed by atoms with Crippen LogP contribution >= 0.6 is 0 Å². The molecule has 0 aliphatic carbocycles. The van der Waals surface area contributed by atoms with Gasteiger partial charge in [-0.05, 0) is 31.2 Å². The van der Waals surface area contributed by atoms with E-state index >= 15 is 0 Å². The summed E-state index contributed by atoms with van der Waals surface area (Å²) in [6.07, 6.45) is 0. The first-order chi connectivity index (χ1) is 10.1. The highest BCUT2D eigenvalue weighted by molar-refractivity contribution is 5.93. The number of para-hydroxylation sites is 1. The molecule has 0 aliphatic rings. The first kappa shape index (κ1) is 14.7. The van der Waals surface area contributed by atoms with Crippen molar-refractivity contribution < 1.29 is 24.5 Å². The monoisotopic (exact) mass is 288 g/mol. The predicted octanol–water partition coefficient (Wildman–Crippen LogP) is 2.64. The van der Waals surface area contributed by atoms with Crippen LogP contribution in [0.25, 0.3) is 0 Å². The molecular formula is C16H16O5. The lowest BCUT2D eigenvalue weighted by Gasteiger charge is -2.10. The van der Waals surface area contributed by atoms with Gasteiger partial charge in [-0.25, -0.2) is 4.79 Å². The number of phenols is 2. The minimum atomic E-state index is -0.660. The van der Waals surface area contributed by atoms with Crippen molar-refractivity contribution in [3.63, 3.8) is 0 Å². The summed E-state index contributed by atoms with van der Waals surface area (Å²) in [5.41, 5.74) is 0.259. The number of esters is 1. The first-order valence-electron chi connectivity index (χ1n) is 6.46. The van der Waals surface area contributed by atoms with Gasteiger partial charge in [0.15, 0.2) is 0 Å². The maximum atomic E-state index is 11.8. The molecule has 2 rings (SSSR count). The number of phenolic OH excluding ortho intramolecular Hbond substituents is 2. The number of hydrogen-bond acceptors (Lipinski definition) is 5. The zero-order valence-electron chi connectivity index (χ0n) is 11.6. The zero-order valence-corrected chi connectivity index (χ0v) is 11.6. The highest BCUT2D eigenvalue weighted by atomic mass is 16.6. The largest absolute Gasteiger partial charge is 0.508 e. The van der Waals surface area contributed by atoms with Crippen LogP contribution in [0.2, 0.25) is 0 Å². The van der Waals surface area contributed by atoms with Crippen LogP contribution < -0.4 is 4.74 Å². The fraction of sp³-hybridized carbons (Fsp3) is 0.188. The molecule has 0 fully saturated rings. The van der Waals surface area contributed by atoms with Crippen LogP contribution in [0.1, 0.15) is 15.9 Å². The SMILES string of the molecule is Cc1c(O)ccc(C(=O)OCCOc2ccccc2)c1O. The third-order valence-electron chi connectivity index (χ3n) is 2.95. The molecule has 0 unspecified atom stereocenters. The summed E-state index contributed by atoms with van der Waals surface area (Å²) < 4.78 is 10.4. The average molecular weight is 288 g/mol. The summed E-state index contributed by atoms with van der Waals surface area (Å²) in [6.45, 7) is 1.79. The molecule has 5 heteroatoms. The Morgan fingerprint density at radius 2 is 1.76 bits per heavy atom. The van der Waals surface area contributed by atoms with E-state index in [9.17, 15) is 15.0 Å². The van der Waals surface area contributed by atoms with E-state index in [1.54, 1.807) is 12.1 Å². The van der Waals surface area contributed by atoms with Gasteiger partial charge in [0.05, 0.1) is 0 Å². The van der Waals surface area contributed by atoms with Gasteiger partial charge in [0, 0.05) is 5.56 Å². The van der Waals surface area contributed by atoms with Crippen LogP contribution in [-0.4, -0.2) is 29.4 Å². The van der Waals surface area contributed by atoms with E-state index in [1.807, 2.05) is 18.2 Å². The van der Waals surface area contributed by atoms with Crippen molar-refractivity contribution in [2.45, 2.75) is 6.92 Å². The number of benzene rings is 2. The second-order valence-corrected chi connectivity index (χ2v) is 4.40. The summed E-state index contributed by atoms with van der Waals surface area (Å²) in [6, 6.07) is 11.8. The van der Waals surface area contributed by atoms with Gasteiger partial charge in [-0.3, -0.25) is 0 Å². The second-order valence-electron chi connectivity index (χ2n) is 4.40. The van der Waals surface area contributed by atoms with Gasteiger partial charge in [0.2, 0.25) is 0 Å². The fourth-order valence-electron chi connectivity index (χ4n) is 1.74. The molecule has 0 atom stereocenters. The maximum Gasteiger partial charge on any atom is 0.342 e. The third kappa shape index (κ3) is 3.66. The summed E-state index contributed by atoms with van der Waals surface area (Å²) in [5.74, 6) is -0.315. The second kappa shape index (κ2) is 6.65. The van der Waals surface area contributed by atoms with Crippen molar-refractivity contribution in [1.29, 1.82) is 0 Å². The van der Waals surface area contributed by atoms with Crippen LogP contribution in [0.4, 0.5) is 0 Å². The fourth-order valence-corrected chi connectivity index (χ4v) is 1.74. The molecule has 0 saturated heterocycles. The number of aromatic hydroxyl groups is 2. The van der Waals surface area contributed by atoms with Gasteiger partial charge < -0.3 is 19.7 Å². The van der Waals surface area contributed by atoms with Gasteiger partial charge in [0.25, 0.3) is 0 Å². The zero-order chi connectivity index (χ0) is 15.2. The van der Waals surface area contributed by atoms with Gasteiger partial charge in [-0.1, -0.05) is 18.2 Å². The quantitative estimate of drug-likeness (QED) is 0.653. The van der Waals surface area contributed by atoms with Crippen molar-refractivity contribution >= 4 is 5.97 Å². The van der Waals surface area contributed by atoms with E-state index in [4.69, 9.17) is 9.47 Å². The van der Waals surface area contributed by atoms with Gasteiger partial charge in [-0.15, -0.1) is 0 Å². The normalized spacial score (nSPS) is 10.1. The summed E-state index contributed by atoms with van der Waals surface area (Å²) in [5, 5.41) is 19.2. The molecule has 0 radical (unpaired) electrons. The molecule has 0 aromatic heterocycles. The van der Waals surface area contributed by atoms with Crippen molar-refractivity contribution in [3.8, 4) is 17.2 Å². The van der Waals surface area contributed by atoms with Gasteiger partial charge in [0.1, 0.15) is 36.0 Å². The Balaban J connectivity index is 1.87. The van der Waals surface area contributed by atoms with Crippen LogP contribution in [0.3, 0.4) is 0 Å². The average Bonchev–Trinajstić information content (AvgIpc) is 2.50. The lowest BCUT2D eigenvalue weighted by atomic mass is 10.1. The Labute approximate surface area is 122 Å². The van der Waals surface area contributed by atoms with Gasteiger partial charge >= 0.3 is 5.97 Å². The Morgan fingerprint density at radius 3 is 2.48 bits per heavy atom. The topological polar surface area (TPSA) is 76.0 Å². The highest BCUT2D eigenvalue weighted by Crippen LogP contribution is 2.29. The molecule has 2 aromatic rings. The molecule has 110 valence electrons. The molecule has 2 aromatic carbocycles. The van der Waals surface area contributed by atoms with E-state index < -0.39 is 5.97 Å². The molecule has 5 nitrogen and oxygen atoms in total. The summed E-state index contributed by atoms with van der Waals surface area (Å²) >= 11 is 0. The van der Waals surface area contributed by atoms with Crippen LogP contribution in [-0.2, 0) is 4.74 Å². The van der Waals surface area contributed by atoms with E-state index in [2.05, 4.69) is 0 Å². The lowest BCUT2D eigenvalue weighted by Crippen LogP contribution is -2.12. The van der Waals surface area contributed by atoms with E-state index in [1.165, 1.54) is 19.1 Å². The lowest BCUT2D eigenvalue weighted by molar-refractivity contribution is 0.0447. The van der Waals surface area contributed by atoms with E-state index in [0.717, 1.165) is 0 Å². The summed E-state index contributed by atoms with van der Waals surface area (Å²) in [4.78, 5) is 11.8. The van der Waals surface area contributed by atoms with Crippen molar-refractivity contribution in [2.24, 2.45) is 0 Å². The number of hydrogen-bond donors (Lipinski definition) is 2. The van der Waals surface area contributed by atoms with Crippen LogP contribution in [0, 0.1) is 6.92 Å². The first-order valence-corrected chi connectivity index (χ1v) is 6.46. The molecule has 0 saturated carbocycles. The Bertz CT molecular complexity index is 622. The predicted molar refractivity (Wildman–Crippen MR) is 76.7 cm³/mol. The molecule has 0 aliphatic heterocycles. The molecule has 0 spiro atoms. The molecular weight excluding hydrogens is 272 g/mol. The third-order valence-corrected chi connectivity index (χ3v) is 2.95.